The molecule has 0 aromatic carbocycles. The van der Waals surface area contributed by atoms with Crippen molar-refractivity contribution in [3.8, 4) is 0 Å². The van der Waals surface area contributed by atoms with E-state index in [0.29, 0.717) is 6.54 Å². The van der Waals surface area contributed by atoms with Gasteiger partial charge in [0.05, 0.1) is 0 Å². The number of hydrogen-bond acceptors (Lipinski definition) is 4. The van der Waals surface area contributed by atoms with E-state index in [1.54, 1.807) is 6.92 Å². The summed E-state index contributed by atoms with van der Waals surface area (Å²) < 4.78 is 0. The number of carboxylic acid groups (broad SMARTS) is 1. The van der Waals surface area contributed by atoms with Crippen molar-refractivity contribution in [3.05, 3.63) is 0 Å². The second kappa shape index (κ2) is 9.13. The number of hydrogen-bond donors (Lipinski definition) is 4. The van der Waals surface area contributed by atoms with Gasteiger partial charge in [0.15, 0.2) is 6.10 Å². The lowest BCUT2D eigenvalue weighted by Crippen LogP contribution is -2.47. The van der Waals surface area contributed by atoms with Crippen molar-refractivity contribution >= 4 is 17.9 Å². The second-order valence-corrected chi connectivity index (χ2v) is 4.61. The van der Waals surface area contributed by atoms with E-state index in [9.17, 15) is 14.4 Å². The van der Waals surface area contributed by atoms with Crippen molar-refractivity contribution in [1.82, 2.24) is 15.5 Å². The normalized spacial score (nSPS) is 11.8. The van der Waals surface area contributed by atoms with E-state index < -0.39 is 18.1 Å². The Morgan fingerprint density at radius 1 is 1.25 bits per heavy atom. The summed E-state index contributed by atoms with van der Waals surface area (Å²) in [6.45, 7) is 5.67. The molecule has 0 heterocycles. The Balaban J connectivity index is 4.14. The van der Waals surface area contributed by atoms with Gasteiger partial charge in [0, 0.05) is 25.6 Å². The third-order valence-electron chi connectivity index (χ3n) is 2.43. The van der Waals surface area contributed by atoms with Crippen LogP contribution in [0.5, 0.6) is 0 Å². The van der Waals surface area contributed by atoms with E-state index in [1.165, 1.54) is 4.90 Å². The van der Waals surface area contributed by atoms with Gasteiger partial charge in [-0.3, -0.25) is 4.79 Å². The fourth-order valence-corrected chi connectivity index (χ4v) is 1.42. The molecule has 0 fully saturated rings. The maximum Gasteiger partial charge on any atom is 0.332 e. The quantitative estimate of drug-likeness (QED) is 0.475. The number of rotatable bonds is 8. The number of carbonyl (C=O) groups is 3. The van der Waals surface area contributed by atoms with E-state index in [1.807, 2.05) is 13.8 Å². The fourth-order valence-electron chi connectivity index (χ4n) is 1.42. The molecule has 0 spiro atoms. The lowest BCUT2D eigenvalue weighted by molar-refractivity contribution is -0.146. The highest BCUT2D eigenvalue weighted by molar-refractivity contribution is 5.84. The number of aliphatic carboxylic acids is 1. The van der Waals surface area contributed by atoms with Crippen molar-refractivity contribution in [3.63, 3.8) is 0 Å². The van der Waals surface area contributed by atoms with Crippen LogP contribution < -0.4 is 10.6 Å². The van der Waals surface area contributed by atoms with Crippen molar-refractivity contribution in [2.24, 2.45) is 0 Å². The molecular formula is C12H23N3O5. The molecule has 4 N–H and O–H groups in total. The van der Waals surface area contributed by atoms with Gasteiger partial charge in [-0.1, -0.05) is 0 Å². The van der Waals surface area contributed by atoms with Gasteiger partial charge in [0.1, 0.15) is 6.54 Å². The molecule has 0 aliphatic heterocycles. The van der Waals surface area contributed by atoms with Crippen LogP contribution in [-0.4, -0.2) is 64.8 Å². The van der Waals surface area contributed by atoms with Crippen molar-refractivity contribution in [1.29, 1.82) is 0 Å². The number of aliphatic hydroxyl groups is 1. The molecule has 0 unspecified atom stereocenters. The van der Waals surface area contributed by atoms with Gasteiger partial charge in [-0.15, -0.1) is 0 Å². The van der Waals surface area contributed by atoms with Crippen LogP contribution in [0, 0.1) is 0 Å². The average molecular weight is 289 g/mol. The minimum absolute atomic E-state index is 0.00465. The largest absolute Gasteiger partial charge is 0.479 e. The van der Waals surface area contributed by atoms with Gasteiger partial charge in [0.25, 0.3) is 0 Å². The van der Waals surface area contributed by atoms with Gasteiger partial charge in [-0.05, 0) is 20.8 Å². The minimum atomic E-state index is -1.50. The molecule has 0 aliphatic carbocycles. The standard InChI is InChI=1S/C12H23N3O5/c1-4-15(7-10(17)14-8(2)3)12(20)13-6-5-9(16)11(18)19/h8-9,16H,4-7H2,1-3H3,(H,13,20)(H,14,17)(H,18,19)/t9-/m0/s1. The Bertz CT molecular complexity index is 346. The molecule has 8 nitrogen and oxygen atoms in total. The molecule has 0 saturated heterocycles. The Hall–Kier alpha value is -1.83. The lowest BCUT2D eigenvalue weighted by Gasteiger charge is -2.21. The van der Waals surface area contributed by atoms with Crippen LogP contribution in [0.1, 0.15) is 27.2 Å². The maximum atomic E-state index is 11.8. The van der Waals surface area contributed by atoms with Crippen LogP contribution in [-0.2, 0) is 9.59 Å². The van der Waals surface area contributed by atoms with Crippen LogP contribution >= 0.6 is 0 Å². The zero-order chi connectivity index (χ0) is 15.7. The molecular weight excluding hydrogens is 266 g/mol. The predicted octanol–water partition coefficient (Wildman–Crippen LogP) is -0.622. The number of urea groups is 1. The topological polar surface area (TPSA) is 119 Å². The van der Waals surface area contributed by atoms with Gasteiger partial charge < -0.3 is 25.7 Å². The summed E-state index contributed by atoms with van der Waals surface area (Å²) in [5.74, 6) is -1.59. The molecule has 0 aromatic heterocycles. The van der Waals surface area contributed by atoms with Crippen molar-refractivity contribution < 1.29 is 24.6 Å². The van der Waals surface area contributed by atoms with Gasteiger partial charge in [-0.25, -0.2) is 9.59 Å². The number of nitrogens with one attached hydrogen (secondary N) is 2. The predicted molar refractivity (Wildman–Crippen MR) is 72.2 cm³/mol. The summed E-state index contributed by atoms with van der Waals surface area (Å²) in [6, 6.07) is -0.473. The first-order valence-electron chi connectivity index (χ1n) is 6.50. The van der Waals surface area contributed by atoms with Crippen LogP contribution in [0.25, 0.3) is 0 Å². The number of nitrogens with zero attached hydrogens (tertiary/aromatic N) is 1. The third-order valence-corrected chi connectivity index (χ3v) is 2.43. The molecule has 0 bridgehead atoms. The minimum Gasteiger partial charge on any atom is -0.479 e. The van der Waals surface area contributed by atoms with E-state index >= 15 is 0 Å². The van der Waals surface area contributed by atoms with Crippen LogP contribution in [0.4, 0.5) is 4.79 Å². The average Bonchev–Trinajstić information content (AvgIpc) is 2.34. The number of carboxylic acids is 1. The number of likely N-dealkylation sites (N-methyl/N-ethyl adjacent to an activating group) is 1. The first kappa shape index (κ1) is 18.2. The van der Waals surface area contributed by atoms with Crippen LogP contribution in [0.15, 0.2) is 0 Å². The first-order chi connectivity index (χ1) is 9.27. The second-order valence-electron chi connectivity index (χ2n) is 4.61. The summed E-state index contributed by atoms with van der Waals surface area (Å²) >= 11 is 0. The maximum absolute atomic E-state index is 11.8. The SMILES string of the molecule is CCN(CC(=O)NC(C)C)C(=O)NCC[C@H](O)C(=O)O. The smallest absolute Gasteiger partial charge is 0.332 e. The summed E-state index contributed by atoms with van der Waals surface area (Å²) in [4.78, 5) is 35.0. The van der Waals surface area contributed by atoms with E-state index in [0.717, 1.165) is 0 Å². The molecule has 0 rings (SSSR count). The zero-order valence-electron chi connectivity index (χ0n) is 12.0. The van der Waals surface area contributed by atoms with Crippen molar-refractivity contribution in [2.45, 2.75) is 39.3 Å². The number of carbonyl (C=O) groups excluding carboxylic acids is 2. The summed E-state index contributed by atoms with van der Waals surface area (Å²) in [5.41, 5.74) is 0. The Kier molecular flexibility index (Phi) is 8.30. The molecule has 116 valence electrons. The molecule has 8 heteroatoms. The monoisotopic (exact) mass is 289 g/mol. The summed E-state index contributed by atoms with van der Waals surface area (Å²) in [7, 11) is 0. The fraction of sp³-hybridized carbons (Fsp3) is 0.750. The molecule has 3 amide bonds. The van der Waals surface area contributed by atoms with Crippen molar-refractivity contribution in [2.75, 3.05) is 19.6 Å². The molecule has 0 aromatic rings. The number of aliphatic hydroxyl groups excluding tert-OH is 1. The molecule has 1 atom stereocenters. The van der Waals surface area contributed by atoms with E-state index in [2.05, 4.69) is 10.6 Å². The Morgan fingerprint density at radius 2 is 1.85 bits per heavy atom. The van der Waals surface area contributed by atoms with Crippen LogP contribution in [0.3, 0.4) is 0 Å². The van der Waals surface area contributed by atoms with Gasteiger partial charge >= 0.3 is 12.0 Å². The highest BCUT2D eigenvalue weighted by Gasteiger charge is 2.17. The van der Waals surface area contributed by atoms with E-state index in [-0.39, 0.29) is 31.5 Å². The molecule has 0 saturated carbocycles. The Morgan fingerprint density at radius 3 is 2.30 bits per heavy atom. The lowest BCUT2D eigenvalue weighted by atomic mass is 10.2. The molecule has 0 aliphatic rings. The number of amides is 3. The highest BCUT2D eigenvalue weighted by atomic mass is 16.4. The first-order valence-corrected chi connectivity index (χ1v) is 6.50. The summed E-state index contributed by atoms with van der Waals surface area (Å²) in [6.07, 6.45) is -1.59. The third kappa shape index (κ3) is 7.57. The van der Waals surface area contributed by atoms with Gasteiger partial charge in [0.2, 0.25) is 5.91 Å². The zero-order valence-corrected chi connectivity index (χ0v) is 12.0. The molecule has 20 heavy (non-hydrogen) atoms. The molecule has 0 radical (unpaired) electrons. The van der Waals surface area contributed by atoms with Crippen LogP contribution in [0.2, 0.25) is 0 Å². The van der Waals surface area contributed by atoms with Gasteiger partial charge in [-0.2, -0.15) is 0 Å². The Labute approximate surface area is 118 Å². The highest BCUT2D eigenvalue weighted by Crippen LogP contribution is 1.93. The summed E-state index contributed by atoms with van der Waals surface area (Å²) in [5, 5.41) is 22.7. The van der Waals surface area contributed by atoms with E-state index in [4.69, 9.17) is 10.2 Å².